The number of rotatable bonds is 2. The van der Waals surface area contributed by atoms with Crippen LogP contribution in [0.15, 0.2) is 4.42 Å². The highest BCUT2D eigenvalue weighted by Crippen LogP contribution is 2.32. The maximum Gasteiger partial charge on any atom is 0.317 e. The molecule has 2 unspecified atom stereocenters. The molecule has 60 valence electrons. The van der Waals surface area contributed by atoms with Crippen LogP contribution < -0.4 is 11.1 Å². The Hall–Kier alpha value is -1.26. The van der Waals surface area contributed by atoms with Crippen molar-refractivity contribution in [3.05, 3.63) is 0 Å². The van der Waals surface area contributed by atoms with Crippen LogP contribution in [0.4, 0.5) is 12.0 Å². The molecule has 5 heteroatoms. The molecule has 1 aromatic heterocycles. The maximum absolute atomic E-state index is 5.23. The minimum absolute atomic E-state index is 0.112. The molecule has 0 saturated heterocycles. The third-order valence-electron chi connectivity index (χ3n) is 1.86. The summed E-state index contributed by atoms with van der Waals surface area (Å²) in [7, 11) is 0. The lowest BCUT2D eigenvalue weighted by Gasteiger charge is -1.94. The molecule has 0 spiro atoms. The minimum Gasteiger partial charge on any atom is -0.390 e. The summed E-state index contributed by atoms with van der Waals surface area (Å²) in [5.74, 6) is 0.711. The molecule has 0 bridgehead atoms. The Bertz CT molecular complexity index is 259. The van der Waals surface area contributed by atoms with Crippen molar-refractivity contribution in [1.82, 2.24) is 10.2 Å². The van der Waals surface area contributed by atoms with Crippen LogP contribution in [0.2, 0.25) is 0 Å². The largest absolute Gasteiger partial charge is 0.390 e. The highest BCUT2D eigenvalue weighted by molar-refractivity contribution is 5.27. The van der Waals surface area contributed by atoms with E-state index in [2.05, 4.69) is 22.4 Å². The summed E-state index contributed by atoms with van der Waals surface area (Å²) in [5.41, 5.74) is 5.23. The van der Waals surface area contributed by atoms with Gasteiger partial charge in [-0.2, -0.15) is 0 Å². The molecule has 1 aromatic rings. The summed E-state index contributed by atoms with van der Waals surface area (Å²) < 4.78 is 4.93. The number of aromatic nitrogens is 2. The third kappa shape index (κ3) is 1.26. The van der Waals surface area contributed by atoms with Crippen LogP contribution in [-0.4, -0.2) is 16.2 Å². The van der Waals surface area contributed by atoms with E-state index in [-0.39, 0.29) is 6.01 Å². The van der Waals surface area contributed by atoms with Gasteiger partial charge in [0.15, 0.2) is 0 Å². The van der Waals surface area contributed by atoms with E-state index in [1.165, 1.54) is 6.42 Å². The van der Waals surface area contributed by atoms with Crippen LogP contribution >= 0.6 is 0 Å². The van der Waals surface area contributed by atoms with Crippen molar-refractivity contribution in [1.29, 1.82) is 0 Å². The molecule has 0 radical (unpaired) electrons. The highest BCUT2D eigenvalue weighted by atomic mass is 16.4. The number of hydrogen-bond acceptors (Lipinski definition) is 5. The number of nitrogens with one attached hydrogen (secondary N) is 1. The molecule has 1 saturated carbocycles. The average Bonchev–Trinajstić information content (AvgIpc) is 2.42. The standard InChI is InChI=1S/C6H10N4O/c1-3-2-4(3)8-6-10-9-5(7)11-6/h3-4H,2H2,1H3,(H2,7,9)(H,8,10). The molecule has 2 rings (SSSR count). The van der Waals surface area contributed by atoms with Gasteiger partial charge in [-0.15, -0.1) is 0 Å². The van der Waals surface area contributed by atoms with Crippen LogP contribution in [0.3, 0.4) is 0 Å². The quantitative estimate of drug-likeness (QED) is 0.647. The van der Waals surface area contributed by atoms with Crippen molar-refractivity contribution < 1.29 is 4.42 Å². The van der Waals surface area contributed by atoms with Gasteiger partial charge in [0.25, 0.3) is 0 Å². The summed E-state index contributed by atoms with van der Waals surface area (Å²) in [6.07, 6.45) is 1.17. The Morgan fingerprint density at radius 1 is 1.64 bits per heavy atom. The number of nitrogen functional groups attached to an aromatic ring is 1. The molecule has 3 N–H and O–H groups in total. The average molecular weight is 154 g/mol. The van der Waals surface area contributed by atoms with Gasteiger partial charge in [-0.05, 0) is 12.3 Å². The van der Waals surface area contributed by atoms with E-state index in [0.717, 1.165) is 0 Å². The lowest BCUT2D eigenvalue weighted by Crippen LogP contribution is -2.03. The van der Waals surface area contributed by atoms with Gasteiger partial charge in [-0.25, -0.2) is 0 Å². The van der Waals surface area contributed by atoms with Crippen molar-refractivity contribution in [3.63, 3.8) is 0 Å². The second-order valence-corrected chi connectivity index (χ2v) is 2.91. The van der Waals surface area contributed by atoms with Crippen molar-refractivity contribution in [2.75, 3.05) is 11.1 Å². The zero-order valence-electron chi connectivity index (χ0n) is 6.24. The van der Waals surface area contributed by atoms with E-state index >= 15 is 0 Å². The topological polar surface area (TPSA) is 77.0 Å². The van der Waals surface area contributed by atoms with Gasteiger partial charge < -0.3 is 15.5 Å². The molecule has 1 fully saturated rings. The first kappa shape index (κ1) is 6.45. The van der Waals surface area contributed by atoms with Gasteiger partial charge >= 0.3 is 12.0 Å². The molecule has 0 aliphatic heterocycles. The molecular formula is C6H10N4O. The Labute approximate surface area is 64.0 Å². The number of nitrogens with zero attached hydrogens (tertiary/aromatic N) is 2. The summed E-state index contributed by atoms with van der Waals surface area (Å²) in [5, 5.41) is 10.3. The fourth-order valence-electron chi connectivity index (χ4n) is 0.975. The lowest BCUT2D eigenvalue weighted by molar-refractivity contribution is 0.584. The summed E-state index contributed by atoms with van der Waals surface area (Å²) in [4.78, 5) is 0. The second kappa shape index (κ2) is 2.11. The second-order valence-electron chi connectivity index (χ2n) is 2.91. The molecule has 5 nitrogen and oxygen atoms in total. The predicted octanol–water partition coefficient (Wildman–Crippen LogP) is 0.472. The van der Waals surface area contributed by atoms with Gasteiger partial charge in [0.2, 0.25) is 0 Å². The van der Waals surface area contributed by atoms with Crippen LogP contribution in [0.25, 0.3) is 0 Å². The normalized spacial score (nSPS) is 28.5. The van der Waals surface area contributed by atoms with Crippen LogP contribution in [0.5, 0.6) is 0 Å². The van der Waals surface area contributed by atoms with E-state index in [9.17, 15) is 0 Å². The van der Waals surface area contributed by atoms with Gasteiger partial charge in [-0.1, -0.05) is 17.1 Å². The molecule has 0 amide bonds. The molecule has 1 heterocycles. The fourth-order valence-corrected chi connectivity index (χ4v) is 0.975. The van der Waals surface area contributed by atoms with E-state index in [1.807, 2.05) is 0 Å². The summed E-state index contributed by atoms with van der Waals surface area (Å²) >= 11 is 0. The Balaban J connectivity index is 1.96. The molecule has 1 aliphatic carbocycles. The first-order chi connectivity index (χ1) is 5.25. The van der Waals surface area contributed by atoms with Crippen LogP contribution in [0.1, 0.15) is 13.3 Å². The van der Waals surface area contributed by atoms with Crippen molar-refractivity contribution in [3.8, 4) is 0 Å². The van der Waals surface area contributed by atoms with Crippen molar-refractivity contribution in [2.24, 2.45) is 5.92 Å². The predicted molar refractivity (Wildman–Crippen MR) is 39.9 cm³/mol. The fraction of sp³-hybridized carbons (Fsp3) is 0.667. The van der Waals surface area contributed by atoms with E-state index in [4.69, 9.17) is 10.2 Å². The monoisotopic (exact) mass is 154 g/mol. The van der Waals surface area contributed by atoms with Crippen LogP contribution in [0, 0.1) is 5.92 Å². The zero-order chi connectivity index (χ0) is 7.84. The van der Waals surface area contributed by atoms with Crippen molar-refractivity contribution in [2.45, 2.75) is 19.4 Å². The van der Waals surface area contributed by atoms with Gasteiger partial charge in [0, 0.05) is 6.04 Å². The van der Waals surface area contributed by atoms with E-state index in [0.29, 0.717) is 18.0 Å². The molecule has 11 heavy (non-hydrogen) atoms. The molecule has 1 aliphatic rings. The van der Waals surface area contributed by atoms with Crippen LogP contribution in [-0.2, 0) is 0 Å². The third-order valence-corrected chi connectivity index (χ3v) is 1.86. The van der Waals surface area contributed by atoms with E-state index in [1.54, 1.807) is 0 Å². The maximum atomic E-state index is 5.23. The van der Waals surface area contributed by atoms with E-state index < -0.39 is 0 Å². The summed E-state index contributed by atoms with van der Waals surface area (Å²) in [6, 6.07) is 1.03. The smallest absolute Gasteiger partial charge is 0.317 e. The lowest BCUT2D eigenvalue weighted by atomic mass is 10.5. The Morgan fingerprint density at radius 3 is 2.82 bits per heavy atom. The minimum atomic E-state index is 0.112. The molecule has 0 aromatic carbocycles. The van der Waals surface area contributed by atoms with Gasteiger partial charge in [-0.3, -0.25) is 0 Å². The van der Waals surface area contributed by atoms with Gasteiger partial charge in [0.1, 0.15) is 0 Å². The Kier molecular flexibility index (Phi) is 1.24. The molecular weight excluding hydrogens is 144 g/mol. The number of nitrogens with two attached hydrogens (primary N) is 1. The SMILES string of the molecule is CC1CC1Nc1nnc(N)o1. The molecule has 2 atom stereocenters. The number of hydrogen-bond donors (Lipinski definition) is 2. The summed E-state index contributed by atoms with van der Waals surface area (Å²) in [6.45, 7) is 2.16. The highest BCUT2D eigenvalue weighted by Gasteiger charge is 2.33. The zero-order valence-corrected chi connectivity index (χ0v) is 6.24. The first-order valence-electron chi connectivity index (χ1n) is 3.61. The van der Waals surface area contributed by atoms with Gasteiger partial charge in [0.05, 0.1) is 0 Å². The van der Waals surface area contributed by atoms with Crippen molar-refractivity contribution >= 4 is 12.0 Å². The number of anilines is 2. The Morgan fingerprint density at radius 2 is 2.36 bits per heavy atom. The first-order valence-corrected chi connectivity index (χ1v) is 3.61.